The van der Waals surface area contributed by atoms with Crippen LogP contribution >= 0.6 is 0 Å². The van der Waals surface area contributed by atoms with Crippen LogP contribution in [0.4, 0.5) is 5.69 Å². The molecule has 1 N–H and O–H groups in total. The number of amides is 1. The molecule has 2 heterocycles. The van der Waals surface area contributed by atoms with Gasteiger partial charge in [-0.05, 0) is 50.5 Å². The third-order valence-corrected chi connectivity index (χ3v) is 4.44. The maximum atomic E-state index is 12.6. The van der Waals surface area contributed by atoms with E-state index in [4.69, 9.17) is 0 Å². The monoisotopic (exact) mass is 315 g/mol. The second-order valence-corrected chi connectivity index (χ2v) is 6.10. The Morgan fingerprint density at radius 3 is 2.52 bits per heavy atom. The Bertz CT molecular complexity index is 639. The van der Waals surface area contributed by atoms with Crippen LogP contribution in [-0.4, -0.2) is 46.7 Å². The van der Waals surface area contributed by atoms with E-state index in [2.05, 4.69) is 5.10 Å². The van der Waals surface area contributed by atoms with Gasteiger partial charge in [0.05, 0.1) is 5.69 Å². The lowest BCUT2D eigenvalue weighted by atomic mass is 10.0. The quantitative estimate of drug-likeness (QED) is 0.929. The summed E-state index contributed by atoms with van der Waals surface area (Å²) in [6, 6.07) is 6.55. The summed E-state index contributed by atoms with van der Waals surface area (Å²) >= 11 is 0. The van der Waals surface area contributed by atoms with Crippen molar-refractivity contribution < 1.29 is 14.7 Å². The minimum Gasteiger partial charge on any atom is -0.480 e. The summed E-state index contributed by atoms with van der Waals surface area (Å²) in [7, 11) is 0. The van der Waals surface area contributed by atoms with Gasteiger partial charge in [0.2, 0.25) is 0 Å². The molecule has 0 radical (unpaired) electrons. The molecule has 0 saturated carbocycles. The second-order valence-electron chi connectivity index (χ2n) is 6.10. The predicted octanol–water partition coefficient (Wildman–Crippen LogP) is 2.35. The van der Waals surface area contributed by atoms with Gasteiger partial charge in [0.1, 0.15) is 6.04 Å². The summed E-state index contributed by atoms with van der Waals surface area (Å²) in [6.45, 7) is 3.36. The van der Waals surface area contributed by atoms with Crippen LogP contribution < -0.4 is 5.01 Å². The number of hydrogen-bond donors (Lipinski definition) is 1. The molecule has 1 aromatic carbocycles. The molecule has 3 rings (SSSR count). The van der Waals surface area contributed by atoms with Gasteiger partial charge in [-0.25, -0.2) is 4.79 Å². The second kappa shape index (κ2) is 6.40. The van der Waals surface area contributed by atoms with Crippen molar-refractivity contribution in [3.05, 3.63) is 29.8 Å². The highest BCUT2D eigenvalue weighted by atomic mass is 16.4. The number of benzene rings is 1. The van der Waals surface area contributed by atoms with E-state index >= 15 is 0 Å². The number of piperidine rings is 1. The smallest absolute Gasteiger partial charge is 0.326 e. The standard InChI is InChI=1S/C17H21N3O3/c1-12-9-11-20(18-12)14-7-5-13(6-8-14)16(21)19-10-3-2-4-15(19)17(22)23/h5-8,15H,2-4,9-11H2,1H3,(H,22,23)/t15-/m1/s1. The number of carbonyl (C=O) groups is 2. The first-order valence-corrected chi connectivity index (χ1v) is 8.02. The molecule has 2 aliphatic heterocycles. The molecular weight excluding hydrogens is 294 g/mol. The van der Waals surface area contributed by atoms with Crippen molar-refractivity contribution in [2.45, 2.75) is 38.6 Å². The SMILES string of the molecule is CC1=NN(c2ccc(C(=O)N3CCCC[C@@H]3C(=O)O)cc2)CC1. The van der Waals surface area contributed by atoms with Crippen molar-refractivity contribution >= 4 is 23.3 Å². The molecule has 1 aromatic rings. The van der Waals surface area contributed by atoms with Crippen LogP contribution in [0.3, 0.4) is 0 Å². The molecular formula is C17H21N3O3. The number of carboxylic acid groups (broad SMARTS) is 1. The van der Waals surface area contributed by atoms with E-state index in [1.165, 1.54) is 4.90 Å². The number of aliphatic carboxylic acids is 1. The van der Waals surface area contributed by atoms with E-state index in [9.17, 15) is 14.7 Å². The number of hydrazone groups is 1. The largest absolute Gasteiger partial charge is 0.480 e. The number of anilines is 1. The first kappa shape index (κ1) is 15.5. The highest BCUT2D eigenvalue weighted by molar-refractivity contribution is 5.97. The molecule has 6 nitrogen and oxygen atoms in total. The van der Waals surface area contributed by atoms with E-state index in [0.717, 1.165) is 37.2 Å². The van der Waals surface area contributed by atoms with Gasteiger partial charge in [0.25, 0.3) is 5.91 Å². The van der Waals surface area contributed by atoms with Crippen LogP contribution in [0.5, 0.6) is 0 Å². The highest BCUT2D eigenvalue weighted by Crippen LogP contribution is 2.23. The number of hydrogen-bond acceptors (Lipinski definition) is 4. The van der Waals surface area contributed by atoms with Crippen LogP contribution in [-0.2, 0) is 4.79 Å². The van der Waals surface area contributed by atoms with Gasteiger partial charge in [-0.2, -0.15) is 5.10 Å². The van der Waals surface area contributed by atoms with Crippen LogP contribution in [0.15, 0.2) is 29.4 Å². The third-order valence-electron chi connectivity index (χ3n) is 4.44. The van der Waals surface area contributed by atoms with Crippen molar-refractivity contribution in [2.24, 2.45) is 5.10 Å². The summed E-state index contributed by atoms with van der Waals surface area (Å²) in [5.41, 5.74) is 2.58. The van der Waals surface area contributed by atoms with Crippen LogP contribution in [0.2, 0.25) is 0 Å². The summed E-state index contributed by atoms with van der Waals surface area (Å²) in [6.07, 6.45) is 3.19. The molecule has 6 heteroatoms. The normalized spacial score (nSPS) is 21.3. The van der Waals surface area contributed by atoms with Crippen LogP contribution in [0, 0.1) is 0 Å². The minimum absolute atomic E-state index is 0.204. The maximum Gasteiger partial charge on any atom is 0.326 e. The van der Waals surface area contributed by atoms with Crippen molar-refractivity contribution in [3.63, 3.8) is 0 Å². The summed E-state index contributed by atoms with van der Waals surface area (Å²) in [4.78, 5) is 25.4. The Labute approximate surface area is 135 Å². The Hall–Kier alpha value is -2.37. The topological polar surface area (TPSA) is 73.2 Å². The fourth-order valence-corrected chi connectivity index (χ4v) is 3.13. The molecule has 0 aliphatic carbocycles. The first-order valence-electron chi connectivity index (χ1n) is 8.02. The van der Waals surface area contributed by atoms with Gasteiger partial charge in [-0.15, -0.1) is 0 Å². The van der Waals surface area contributed by atoms with Gasteiger partial charge in [-0.3, -0.25) is 9.80 Å². The zero-order valence-electron chi connectivity index (χ0n) is 13.2. The average molecular weight is 315 g/mol. The Morgan fingerprint density at radius 1 is 1.17 bits per heavy atom. The minimum atomic E-state index is -0.920. The van der Waals surface area contributed by atoms with Crippen LogP contribution in [0.25, 0.3) is 0 Å². The molecule has 0 unspecified atom stereocenters. The van der Waals surface area contributed by atoms with Crippen molar-refractivity contribution in [2.75, 3.05) is 18.1 Å². The van der Waals surface area contributed by atoms with Gasteiger partial charge >= 0.3 is 5.97 Å². The lowest BCUT2D eigenvalue weighted by Gasteiger charge is -2.33. The van der Waals surface area contributed by atoms with E-state index < -0.39 is 12.0 Å². The summed E-state index contributed by atoms with van der Waals surface area (Å²) < 4.78 is 0. The zero-order valence-corrected chi connectivity index (χ0v) is 13.2. The number of likely N-dealkylation sites (tertiary alicyclic amines) is 1. The lowest BCUT2D eigenvalue weighted by Crippen LogP contribution is -2.47. The fourth-order valence-electron chi connectivity index (χ4n) is 3.13. The van der Waals surface area contributed by atoms with E-state index in [0.29, 0.717) is 18.5 Å². The molecule has 0 spiro atoms. The van der Waals surface area contributed by atoms with E-state index in [1.54, 1.807) is 12.1 Å². The number of nitrogens with zero attached hydrogens (tertiary/aromatic N) is 3. The average Bonchev–Trinajstić information content (AvgIpc) is 3.01. The highest BCUT2D eigenvalue weighted by Gasteiger charge is 2.32. The van der Waals surface area contributed by atoms with Crippen molar-refractivity contribution in [3.8, 4) is 0 Å². The molecule has 23 heavy (non-hydrogen) atoms. The molecule has 0 aromatic heterocycles. The summed E-state index contributed by atoms with van der Waals surface area (Å²) in [5, 5.41) is 15.7. The zero-order chi connectivity index (χ0) is 16.4. The van der Waals surface area contributed by atoms with Crippen molar-refractivity contribution in [1.82, 2.24) is 4.90 Å². The maximum absolute atomic E-state index is 12.6. The number of rotatable bonds is 3. The Morgan fingerprint density at radius 2 is 1.91 bits per heavy atom. The Kier molecular flexibility index (Phi) is 4.32. The van der Waals surface area contributed by atoms with Gasteiger partial charge < -0.3 is 10.0 Å². The lowest BCUT2D eigenvalue weighted by molar-refractivity contribution is -0.143. The predicted molar refractivity (Wildman–Crippen MR) is 87.8 cm³/mol. The van der Waals surface area contributed by atoms with Gasteiger partial charge in [0, 0.05) is 30.8 Å². The van der Waals surface area contributed by atoms with Crippen LogP contribution in [0.1, 0.15) is 43.0 Å². The summed E-state index contributed by atoms with van der Waals surface area (Å²) in [5.74, 6) is -1.12. The molecule has 1 amide bonds. The molecule has 1 saturated heterocycles. The number of carbonyl (C=O) groups excluding carboxylic acids is 1. The van der Waals surface area contributed by atoms with E-state index in [-0.39, 0.29) is 5.91 Å². The number of carboxylic acids is 1. The Balaban J connectivity index is 1.76. The molecule has 1 atom stereocenters. The molecule has 2 aliphatic rings. The molecule has 0 bridgehead atoms. The van der Waals surface area contributed by atoms with Gasteiger partial charge in [-0.1, -0.05) is 0 Å². The third kappa shape index (κ3) is 3.21. The molecule has 122 valence electrons. The van der Waals surface area contributed by atoms with Gasteiger partial charge in [0.15, 0.2) is 0 Å². The van der Waals surface area contributed by atoms with Crippen molar-refractivity contribution in [1.29, 1.82) is 0 Å². The first-order chi connectivity index (χ1) is 11.1. The fraction of sp³-hybridized carbons (Fsp3) is 0.471. The van der Waals surface area contributed by atoms with E-state index in [1.807, 2.05) is 24.1 Å². The molecule has 1 fully saturated rings.